The Morgan fingerprint density at radius 3 is 3.11 bits per heavy atom. The molecule has 0 radical (unpaired) electrons. The Labute approximate surface area is 104 Å². The molecular weight excluding hydrogens is 230 g/mol. The van der Waals surface area contributed by atoms with Crippen molar-refractivity contribution in [1.29, 1.82) is 0 Å². The number of nitrogens with zero attached hydrogens (tertiary/aromatic N) is 5. The van der Waals surface area contributed by atoms with Crippen molar-refractivity contribution in [3.8, 4) is 0 Å². The van der Waals surface area contributed by atoms with Crippen LogP contribution in [-0.2, 0) is 13.0 Å². The quantitative estimate of drug-likeness (QED) is 0.763. The minimum atomic E-state index is -0.0956. The number of aromatic nitrogens is 4. The second kappa shape index (κ2) is 4.36. The van der Waals surface area contributed by atoms with Crippen LogP contribution in [0.3, 0.4) is 0 Å². The van der Waals surface area contributed by atoms with Crippen molar-refractivity contribution in [1.82, 2.24) is 19.2 Å². The predicted molar refractivity (Wildman–Crippen MR) is 68.6 cm³/mol. The first-order valence-electron chi connectivity index (χ1n) is 6.31. The van der Waals surface area contributed by atoms with Crippen LogP contribution < -0.4 is 5.56 Å². The van der Waals surface area contributed by atoms with Gasteiger partial charge in [-0.15, -0.1) is 0 Å². The molecule has 1 aliphatic heterocycles. The molecule has 2 aromatic heterocycles. The van der Waals surface area contributed by atoms with Crippen molar-refractivity contribution in [2.45, 2.75) is 39.2 Å². The van der Waals surface area contributed by atoms with Gasteiger partial charge in [-0.2, -0.15) is 14.6 Å². The maximum Gasteiger partial charge on any atom is 0.281 e. The molecule has 0 spiro atoms. The molecule has 2 aromatic rings. The molecule has 0 unspecified atom stereocenters. The lowest BCUT2D eigenvalue weighted by Crippen LogP contribution is -2.22. The topological polar surface area (TPSA) is 64.5 Å². The minimum Gasteiger partial charge on any atom is -0.294 e. The zero-order valence-electron chi connectivity index (χ0n) is 10.3. The lowest BCUT2D eigenvalue weighted by molar-refractivity contribution is 0.600. The molecule has 1 aliphatic rings. The maximum absolute atomic E-state index is 12.1. The van der Waals surface area contributed by atoms with Crippen LogP contribution in [0.2, 0.25) is 0 Å². The number of fused-ring (bicyclic) bond motifs is 2. The van der Waals surface area contributed by atoms with Gasteiger partial charge in [0.1, 0.15) is 12.1 Å². The van der Waals surface area contributed by atoms with Crippen molar-refractivity contribution in [3.05, 3.63) is 22.2 Å². The van der Waals surface area contributed by atoms with Crippen molar-refractivity contribution in [2.75, 3.05) is 0 Å². The molecule has 94 valence electrons. The molecule has 0 N–H and O–H groups in total. The van der Waals surface area contributed by atoms with Crippen molar-refractivity contribution in [3.63, 3.8) is 0 Å². The summed E-state index contributed by atoms with van der Waals surface area (Å²) in [6.45, 7) is 3.00. The highest BCUT2D eigenvalue weighted by Crippen LogP contribution is 2.23. The van der Waals surface area contributed by atoms with E-state index in [0.29, 0.717) is 12.2 Å². The van der Waals surface area contributed by atoms with Crippen LogP contribution >= 0.6 is 0 Å². The molecule has 3 heterocycles. The second-order valence-electron chi connectivity index (χ2n) is 4.45. The highest BCUT2D eigenvalue weighted by Gasteiger charge is 2.20. The predicted octanol–water partition coefficient (Wildman–Crippen LogP) is 1.34. The van der Waals surface area contributed by atoms with Crippen LogP contribution in [0.25, 0.3) is 5.78 Å². The standard InChI is InChI=1S/C12H15N5O/c1-2-3-4-7-16-10-9(5-6-13-10)11(18)17-12(16)14-8-15-17/h6,8H,2-5,7H2,1H3. The summed E-state index contributed by atoms with van der Waals surface area (Å²) in [6.07, 6.45) is 7.18. The molecule has 6 heteroatoms. The Kier molecular flexibility index (Phi) is 2.70. The van der Waals surface area contributed by atoms with Crippen LogP contribution in [0.5, 0.6) is 0 Å². The Balaban J connectivity index is 2.16. The largest absolute Gasteiger partial charge is 0.294 e. The van der Waals surface area contributed by atoms with E-state index >= 15 is 0 Å². The molecule has 0 aliphatic carbocycles. The van der Waals surface area contributed by atoms with Gasteiger partial charge in [0.2, 0.25) is 5.78 Å². The summed E-state index contributed by atoms with van der Waals surface area (Å²) in [6, 6.07) is 0. The number of hydrogen-bond acceptors (Lipinski definition) is 4. The zero-order chi connectivity index (χ0) is 12.5. The van der Waals surface area contributed by atoms with Gasteiger partial charge in [-0.25, -0.2) is 4.99 Å². The number of aryl methyl sites for hydroxylation is 1. The van der Waals surface area contributed by atoms with Gasteiger partial charge < -0.3 is 0 Å². The van der Waals surface area contributed by atoms with Gasteiger partial charge in [0.05, 0.1) is 5.56 Å². The van der Waals surface area contributed by atoms with Crippen LogP contribution in [0.1, 0.15) is 31.7 Å². The van der Waals surface area contributed by atoms with Crippen LogP contribution in [0.4, 0.5) is 5.82 Å². The summed E-state index contributed by atoms with van der Waals surface area (Å²) in [5, 5.41) is 4.00. The van der Waals surface area contributed by atoms with E-state index in [2.05, 4.69) is 22.0 Å². The van der Waals surface area contributed by atoms with Crippen LogP contribution in [0.15, 0.2) is 16.1 Å². The third kappa shape index (κ3) is 1.56. The molecule has 0 saturated heterocycles. The zero-order valence-corrected chi connectivity index (χ0v) is 10.3. The van der Waals surface area contributed by atoms with E-state index in [4.69, 9.17) is 0 Å². The van der Waals surface area contributed by atoms with E-state index in [-0.39, 0.29) is 5.56 Å². The fraction of sp³-hybridized carbons (Fsp3) is 0.500. The van der Waals surface area contributed by atoms with Gasteiger partial charge >= 0.3 is 0 Å². The van der Waals surface area contributed by atoms with E-state index in [1.165, 1.54) is 10.8 Å². The normalized spacial score (nSPS) is 13.4. The molecule has 0 aromatic carbocycles. The lowest BCUT2D eigenvalue weighted by Gasteiger charge is -2.11. The van der Waals surface area contributed by atoms with Crippen LogP contribution in [0, 0.1) is 0 Å². The first kappa shape index (κ1) is 11.1. The van der Waals surface area contributed by atoms with Gasteiger partial charge in [0, 0.05) is 19.2 Å². The number of hydrogen-bond donors (Lipinski definition) is 0. The molecule has 0 bridgehead atoms. The van der Waals surface area contributed by atoms with Crippen LogP contribution in [-0.4, -0.2) is 25.4 Å². The SMILES string of the molecule is CCCCCn1c2c(c(=O)n3ncnc13)CC=N2. The van der Waals surface area contributed by atoms with E-state index in [1.807, 2.05) is 4.57 Å². The van der Waals surface area contributed by atoms with Gasteiger partial charge in [-0.3, -0.25) is 9.36 Å². The summed E-state index contributed by atoms with van der Waals surface area (Å²) in [4.78, 5) is 20.6. The summed E-state index contributed by atoms with van der Waals surface area (Å²) in [5.74, 6) is 1.35. The Morgan fingerprint density at radius 1 is 1.39 bits per heavy atom. The molecule has 6 nitrogen and oxygen atoms in total. The van der Waals surface area contributed by atoms with E-state index in [9.17, 15) is 4.79 Å². The first-order valence-corrected chi connectivity index (χ1v) is 6.31. The monoisotopic (exact) mass is 245 g/mol. The highest BCUT2D eigenvalue weighted by molar-refractivity contribution is 5.74. The molecule has 0 amide bonds. The Morgan fingerprint density at radius 2 is 2.28 bits per heavy atom. The fourth-order valence-electron chi connectivity index (χ4n) is 2.32. The Bertz CT molecular complexity index is 667. The maximum atomic E-state index is 12.1. The third-order valence-electron chi connectivity index (χ3n) is 3.24. The summed E-state index contributed by atoms with van der Waals surface area (Å²) in [5.41, 5.74) is 0.631. The molecule has 18 heavy (non-hydrogen) atoms. The highest BCUT2D eigenvalue weighted by atomic mass is 16.1. The molecule has 3 rings (SSSR count). The van der Waals surface area contributed by atoms with Crippen molar-refractivity contribution >= 4 is 17.8 Å². The third-order valence-corrected chi connectivity index (χ3v) is 3.24. The molecule has 0 saturated carbocycles. The van der Waals surface area contributed by atoms with E-state index in [0.717, 1.165) is 37.2 Å². The average Bonchev–Trinajstić information content (AvgIpc) is 3.02. The lowest BCUT2D eigenvalue weighted by atomic mass is 10.2. The number of aliphatic imine (C=N–C) groups is 1. The Hall–Kier alpha value is -1.98. The number of unbranched alkanes of at least 4 members (excludes halogenated alkanes) is 2. The number of rotatable bonds is 4. The van der Waals surface area contributed by atoms with Gasteiger partial charge in [0.15, 0.2) is 0 Å². The van der Waals surface area contributed by atoms with Gasteiger partial charge in [0.25, 0.3) is 5.56 Å². The molecule has 0 atom stereocenters. The summed E-state index contributed by atoms with van der Waals surface area (Å²) >= 11 is 0. The summed E-state index contributed by atoms with van der Waals surface area (Å²) in [7, 11) is 0. The van der Waals surface area contributed by atoms with Gasteiger partial charge in [-0.05, 0) is 6.42 Å². The molecular formula is C12H15N5O. The van der Waals surface area contributed by atoms with Crippen molar-refractivity contribution < 1.29 is 0 Å². The van der Waals surface area contributed by atoms with E-state index < -0.39 is 0 Å². The first-order chi connectivity index (χ1) is 8.83. The average molecular weight is 245 g/mol. The van der Waals surface area contributed by atoms with Crippen molar-refractivity contribution in [2.24, 2.45) is 4.99 Å². The molecule has 0 fully saturated rings. The minimum absolute atomic E-state index is 0.0956. The second-order valence-corrected chi connectivity index (χ2v) is 4.45. The smallest absolute Gasteiger partial charge is 0.281 e. The van der Waals surface area contributed by atoms with E-state index in [1.54, 1.807) is 6.21 Å². The summed E-state index contributed by atoms with van der Waals surface area (Å²) < 4.78 is 3.38. The fourth-order valence-corrected chi connectivity index (χ4v) is 2.32. The van der Waals surface area contributed by atoms with Gasteiger partial charge in [-0.1, -0.05) is 19.8 Å².